The Bertz CT molecular complexity index is 506. The first-order chi connectivity index (χ1) is 7.16. The van der Waals surface area contributed by atoms with Gasteiger partial charge in [-0.15, -0.1) is 0 Å². The maximum atomic E-state index is 9.85. The van der Waals surface area contributed by atoms with E-state index in [-0.39, 0.29) is 0 Å². The lowest BCUT2D eigenvalue weighted by molar-refractivity contribution is 0.151. The summed E-state index contributed by atoms with van der Waals surface area (Å²) in [4.78, 5) is 0. The van der Waals surface area contributed by atoms with Crippen molar-refractivity contribution in [2.45, 2.75) is 31.8 Å². The van der Waals surface area contributed by atoms with Crippen molar-refractivity contribution < 1.29 is 9.52 Å². The molecule has 1 aliphatic rings. The van der Waals surface area contributed by atoms with Crippen molar-refractivity contribution in [3.05, 3.63) is 35.6 Å². The van der Waals surface area contributed by atoms with Crippen LogP contribution in [0, 0.1) is 6.92 Å². The van der Waals surface area contributed by atoms with E-state index in [2.05, 4.69) is 6.07 Å². The second-order valence-electron chi connectivity index (χ2n) is 4.65. The number of rotatable bonds is 2. The highest BCUT2D eigenvalue weighted by molar-refractivity contribution is 5.81. The fourth-order valence-corrected chi connectivity index (χ4v) is 2.01. The first kappa shape index (κ1) is 8.98. The van der Waals surface area contributed by atoms with Gasteiger partial charge in [-0.05, 0) is 43.0 Å². The van der Waals surface area contributed by atoms with Crippen LogP contribution < -0.4 is 0 Å². The van der Waals surface area contributed by atoms with Gasteiger partial charge in [0, 0.05) is 11.8 Å². The van der Waals surface area contributed by atoms with E-state index in [0.29, 0.717) is 0 Å². The van der Waals surface area contributed by atoms with Crippen LogP contribution in [0.5, 0.6) is 0 Å². The zero-order valence-corrected chi connectivity index (χ0v) is 8.79. The quantitative estimate of drug-likeness (QED) is 0.812. The van der Waals surface area contributed by atoms with Gasteiger partial charge < -0.3 is 9.52 Å². The molecule has 1 aliphatic carbocycles. The molecule has 0 aliphatic heterocycles. The molecule has 0 spiro atoms. The van der Waals surface area contributed by atoms with Crippen LogP contribution >= 0.6 is 0 Å². The Morgan fingerprint density at radius 1 is 1.40 bits per heavy atom. The number of benzene rings is 1. The number of hydrogen-bond acceptors (Lipinski definition) is 2. The van der Waals surface area contributed by atoms with Crippen molar-refractivity contribution >= 4 is 11.0 Å². The molecule has 0 radical (unpaired) electrons. The molecule has 1 saturated carbocycles. The van der Waals surface area contributed by atoms with E-state index in [1.807, 2.05) is 19.1 Å². The second-order valence-corrected chi connectivity index (χ2v) is 4.65. The van der Waals surface area contributed by atoms with Crippen LogP contribution in [-0.2, 0) is 6.42 Å². The average molecular weight is 202 g/mol. The van der Waals surface area contributed by atoms with Gasteiger partial charge in [-0.1, -0.05) is 6.07 Å². The molecule has 0 atom stereocenters. The molecule has 1 aromatic heterocycles. The van der Waals surface area contributed by atoms with Crippen molar-refractivity contribution in [2.24, 2.45) is 0 Å². The molecule has 3 rings (SSSR count). The monoisotopic (exact) mass is 202 g/mol. The molecular formula is C13H14O2. The Balaban J connectivity index is 2.01. The average Bonchev–Trinajstić information content (AvgIpc) is 2.82. The maximum Gasteiger partial charge on any atom is 0.134 e. The van der Waals surface area contributed by atoms with Gasteiger partial charge in [0.1, 0.15) is 5.58 Å². The summed E-state index contributed by atoms with van der Waals surface area (Å²) in [6.07, 6.45) is 4.43. The largest absolute Gasteiger partial charge is 0.464 e. The van der Waals surface area contributed by atoms with Gasteiger partial charge in [-0.25, -0.2) is 0 Å². The minimum atomic E-state index is -0.411. The van der Waals surface area contributed by atoms with Gasteiger partial charge in [-0.2, -0.15) is 0 Å². The minimum absolute atomic E-state index is 0.411. The first-order valence-electron chi connectivity index (χ1n) is 5.35. The van der Waals surface area contributed by atoms with Crippen LogP contribution in [0.4, 0.5) is 0 Å². The predicted octanol–water partition coefficient (Wildman–Crippen LogP) is 2.81. The Morgan fingerprint density at radius 3 is 2.93 bits per heavy atom. The van der Waals surface area contributed by atoms with Crippen molar-refractivity contribution in [2.75, 3.05) is 0 Å². The maximum absolute atomic E-state index is 9.85. The molecule has 1 aromatic carbocycles. The first-order valence-corrected chi connectivity index (χ1v) is 5.35. The summed E-state index contributed by atoms with van der Waals surface area (Å²) >= 11 is 0. The normalized spacial score (nSPS) is 18.3. The topological polar surface area (TPSA) is 33.4 Å². The summed E-state index contributed by atoms with van der Waals surface area (Å²) in [6, 6.07) is 6.16. The van der Waals surface area contributed by atoms with Gasteiger partial charge in [0.25, 0.3) is 0 Å². The van der Waals surface area contributed by atoms with E-state index < -0.39 is 5.60 Å². The van der Waals surface area contributed by atoms with Crippen molar-refractivity contribution in [1.29, 1.82) is 0 Å². The Hall–Kier alpha value is -1.28. The third kappa shape index (κ3) is 1.55. The summed E-state index contributed by atoms with van der Waals surface area (Å²) in [6.45, 7) is 2.04. The number of aliphatic hydroxyl groups is 1. The Labute approximate surface area is 88.5 Å². The lowest BCUT2D eigenvalue weighted by atomic mass is 10.0. The third-order valence-corrected chi connectivity index (χ3v) is 3.19. The van der Waals surface area contributed by atoms with Crippen LogP contribution in [0.3, 0.4) is 0 Å². The highest BCUT2D eigenvalue weighted by Crippen LogP contribution is 2.38. The molecule has 0 unspecified atom stereocenters. The molecule has 1 heterocycles. The van der Waals surface area contributed by atoms with E-state index in [4.69, 9.17) is 4.42 Å². The number of fused-ring (bicyclic) bond motifs is 1. The van der Waals surface area contributed by atoms with Gasteiger partial charge in [0.15, 0.2) is 0 Å². The molecular weight excluding hydrogens is 188 g/mol. The van der Waals surface area contributed by atoms with Gasteiger partial charge in [0.2, 0.25) is 0 Å². The van der Waals surface area contributed by atoms with Crippen molar-refractivity contribution in [3.8, 4) is 0 Å². The third-order valence-electron chi connectivity index (χ3n) is 3.19. The Kier molecular flexibility index (Phi) is 1.71. The SMILES string of the molecule is Cc1coc2ccc(CC3(O)CC3)cc12. The van der Waals surface area contributed by atoms with Crippen LogP contribution in [0.25, 0.3) is 11.0 Å². The molecule has 2 nitrogen and oxygen atoms in total. The highest BCUT2D eigenvalue weighted by atomic mass is 16.3. The fraction of sp³-hybridized carbons (Fsp3) is 0.385. The molecule has 1 fully saturated rings. The lowest BCUT2D eigenvalue weighted by Gasteiger charge is -2.07. The number of aryl methyl sites for hydroxylation is 1. The van der Waals surface area contributed by atoms with Gasteiger partial charge >= 0.3 is 0 Å². The molecule has 2 heteroatoms. The van der Waals surface area contributed by atoms with Crippen molar-refractivity contribution in [1.82, 2.24) is 0 Å². The molecule has 0 amide bonds. The summed E-state index contributed by atoms with van der Waals surface area (Å²) in [5, 5.41) is 11.0. The minimum Gasteiger partial charge on any atom is -0.464 e. The van der Waals surface area contributed by atoms with E-state index in [0.717, 1.165) is 35.8 Å². The van der Waals surface area contributed by atoms with E-state index in [9.17, 15) is 5.11 Å². The van der Waals surface area contributed by atoms with Crippen LogP contribution in [-0.4, -0.2) is 10.7 Å². The zero-order chi connectivity index (χ0) is 10.5. The zero-order valence-electron chi connectivity index (χ0n) is 8.79. The van der Waals surface area contributed by atoms with E-state index in [1.54, 1.807) is 6.26 Å². The molecule has 78 valence electrons. The van der Waals surface area contributed by atoms with E-state index in [1.165, 1.54) is 5.56 Å². The summed E-state index contributed by atoms with van der Waals surface area (Å²) in [5.41, 5.74) is 2.88. The van der Waals surface area contributed by atoms with E-state index >= 15 is 0 Å². The molecule has 1 N–H and O–H groups in total. The summed E-state index contributed by atoms with van der Waals surface area (Å²) in [5.74, 6) is 0. The number of furan rings is 1. The van der Waals surface area contributed by atoms with Crippen LogP contribution in [0.1, 0.15) is 24.0 Å². The molecule has 2 aromatic rings. The van der Waals surface area contributed by atoms with Crippen LogP contribution in [0.15, 0.2) is 28.9 Å². The lowest BCUT2D eigenvalue weighted by Crippen LogP contribution is -2.10. The van der Waals surface area contributed by atoms with Crippen molar-refractivity contribution in [3.63, 3.8) is 0 Å². The number of hydrogen-bond donors (Lipinski definition) is 1. The fourth-order valence-electron chi connectivity index (χ4n) is 2.01. The molecule has 0 bridgehead atoms. The Morgan fingerprint density at radius 2 is 2.20 bits per heavy atom. The van der Waals surface area contributed by atoms with Crippen LogP contribution in [0.2, 0.25) is 0 Å². The highest BCUT2D eigenvalue weighted by Gasteiger charge is 2.40. The summed E-state index contributed by atoms with van der Waals surface area (Å²) < 4.78 is 5.39. The second kappa shape index (κ2) is 2.86. The molecule has 0 saturated heterocycles. The molecule has 15 heavy (non-hydrogen) atoms. The predicted molar refractivity (Wildman–Crippen MR) is 58.8 cm³/mol. The summed E-state index contributed by atoms with van der Waals surface area (Å²) in [7, 11) is 0. The van der Waals surface area contributed by atoms with Gasteiger partial charge in [-0.3, -0.25) is 0 Å². The smallest absolute Gasteiger partial charge is 0.134 e. The van der Waals surface area contributed by atoms with Gasteiger partial charge in [0.05, 0.1) is 11.9 Å². The standard InChI is InChI=1S/C13H14O2/c1-9-8-15-12-3-2-10(6-11(9)12)7-13(14)4-5-13/h2-3,6,8,14H,4-5,7H2,1H3.